The lowest BCUT2D eigenvalue weighted by molar-refractivity contribution is 0.102. The Kier molecular flexibility index (Phi) is 6.57. The van der Waals surface area contributed by atoms with Crippen LogP contribution in [0.4, 0.5) is 10.2 Å². The molecule has 1 amide bonds. The smallest absolute Gasteiger partial charge is 0.276 e. The number of nitrogens with zero attached hydrogens (tertiary/aromatic N) is 5. The standard InChI is InChI=1S/C29H31FN6OS/c1-17(2)36-16-32-26(18-4-7-21(30)8-5-18)27(36)29-33-24(15-38-29)28(37)34-25-11-6-19(14-31-25)20-12-22-9-10-23(13-20)35(22)3/h4-8,11,14-17,20,22-23H,9-10,12-13H2,1-3H3,(H,31,34,37)/t20?,22-,23+. The Morgan fingerprint density at radius 1 is 1.08 bits per heavy atom. The average Bonchev–Trinajstić information content (AvgIpc) is 3.61. The van der Waals surface area contributed by atoms with Gasteiger partial charge < -0.3 is 14.8 Å². The van der Waals surface area contributed by atoms with Gasteiger partial charge in [-0.25, -0.2) is 19.3 Å². The molecule has 2 aliphatic heterocycles. The SMILES string of the molecule is CC(C)n1cnc(-c2ccc(F)cc2)c1-c1nc(C(=O)Nc2ccc(C3C[C@H]4CC[C@@H](C3)N4C)cn2)cs1. The van der Waals surface area contributed by atoms with E-state index in [1.54, 1.807) is 23.8 Å². The number of anilines is 1. The molecule has 0 spiro atoms. The molecule has 1 aromatic carbocycles. The average molecular weight is 531 g/mol. The van der Waals surface area contributed by atoms with Crippen LogP contribution in [0.5, 0.6) is 0 Å². The second kappa shape index (κ2) is 10.0. The third-order valence-electron chi connectivity index (χ3n) is 8.00. The first-order valence-electron chi connectivity index (χ1n) is 13.1. The summed E-state index contributed by atoms with van der Waals surface area (Å²) in [5.41, 5.74) is 3.89. The molecule has 0 aliphatic carbocycles. The molecular weight excluding hydrogens is 499 g/mol. The highest BCUT2D eigenvalue weighted by Gasteiger charge is 2.38. The van der Waals surface area contributed by atoms with Gasteiger partial charge in [-0.3, -0.25) is 4.79 Å². The first kappa shape index (κ1) is 24.9. The van der Waals surface area contributed by atoms with Crippen molar-refractivity contribution in [1.82, 2.24) is 24.4 Å². The molecule has 2 aliphatic rings. The molecule has 3 aromatic heterocycles. The number of nitrogens with one attached hydrogen (secondary N) is 1. The Morgan fingerprint density at radius 3 is 2.47 bits per heavy atom. The number of thiazole rings is 1. The number of amides is 1. The quantitative estimate of drug-likeness (QED) is 0.313. The zero-order valence-corrected chi connectivity index (χ0v) is 22.6. The zero-order chi connectivity index (χ0) is 26.4. The van der Waals surface area contributed by atoms with Crippen LogP contribution >= 0.6 is 11.3 Å². The number of pyridine rings is 1. The van der Waals surface area contributed by atoms with Crippen molar-refractivity contribution in [2.75, 3.05) is 12.4 Å². The summed E-state index contributed by atoms with van der Waals surface area (Å²) in [5, 5.41) is 5.33. The van der Waals surface area contributed by atoms with E-state index in [-0.39, 0.29) is 17.8 Å². The van der Waals surface area contributed by atoms with E-state index in [2.05, 4.69) is 52.1 Å². The van der Waals surface area contributed by atoms with E-state index in [1.165, 1.54) is 54.7 Å². The van der Waals surface area contributed by atoms with Crippen molar-refractivity contribution in [3.8, 4) is 22.0 Å². The van der Waals surface area contributed by atoms with Crippen molar-refractivity contribution in [3.05, 3.63) is 71.4 Å². The second-order valence-corrected chi connectivity index (χ2v) is 11.5. The molecule has 1 unspecified atom stereocenters. The highest BCUT2D eigenvalue weighted by molar-refractivity contribution is 7.13. The van der Waals surface area contributed by atoms with E-state index in [0.717, 1.165) is 11.3 Å². The lowest BCUT2D eigenvalue weighted by Crippen LogP contribution is -2.39. The van der Waals surface area contributed by atoms with E-state index in [0.29, 0.717) is 40.2 Å². The molecule has 0 saturated carbocycles. The van der Waals surface area contributed by atoms with Gasteiger partial charge in [0.2, 0.25) is 0 Å². The Bertz CT molecular complexity index is 1430. The number of hydrogen-bond acceptors (Lipinski definition) is 6. The van der Waals surface area contributed by atoms with E-state index in [9.17, 15) is 9.18 Å². The van der Waals surface area contributed by atoms with E-state index < -0.39 is 0 Å². The maximum atomic E-state index is 13.5. The van der Waals surface area contributed by atoms with Gasteiger partial charge in [-0.1, -0.05) is 6.07 Å². The minimum Gasteiger partial charge on any atom is -0.326 e. The van der Waals surface area contributed by atoms with Crippen LogP contribution in [0.25, 0.3) is 22.0 Å². The van der Waals surface area contributed by atoms with Crippen molar-refractivity contribution in [2.45, 2.75) is 63.6 Å². The number of piperidine rings is 1. The number of carbonyl (C=O) groups is 1. The molecule has 38 heavy (non-hydrogen) atoms. The van der Waals surface area contributed by atoms with Gasteiger partial charge in [-0.05, 0) is 88.4 Å². The monoisotopic (exact) mass is 530 g/mol. The molecule has 2 fully saturated rings. The second-order valence-electron chi connectivity index (χ2n) is 10.6. The molecule has 6 rings (SSSR count). The van der Waals surface area contributed by atoms with Crippen molar-refractivity contribution >= 4 is 23.1 Å². The molecule has 5 heterocycles. The predicted molar refractivity (Wildman–Crippen MR) is 148 cm³/mol. The third kappa shape index (κ3) is 4.65. The van der Waals surface area contributed by atoms with Crippen LogP contribution in [0.3, 0.4) is 0 Å². The maximum Gasteiger partial charge on any atom is 0.276 e. The van der Waals surface area contributed by atoms with Gasteiger partial charge >= 0.3 is 0 Å². The third-order valence-corrected chi connectivity index (χ3v) is 8.85. The van der Waals surface area contributed by atoms with Crippen molar-refractivity contribution in [1.29, 1.82) is 0 Å². The number of imidazole rings is 1. The van der Waals surface area contributed by atoms with Crippen molar-refractivity contribution in [2.24, 2.45) is 0 Å². The molecule has 7 nitrogen and oxygen atoms in total. The molecule has 196 valence electrons. The highest BCUT2D eigenvalue weighted by Crippen LogP contribution is 2.42. The summed E-state index contributed by atoms with van der Waals surface area (Å²) in [6.45, 7) is 4.12. The summed E-state index contributed by atoms with van der Waals surface area (Å²) in [6, 6.07) is 11.7. The number of fused-ring (bicyclic) bond motifs is 2. The first-order chi connectivity index (χ1) is 18.4. The van der Waals surface area contributed by atoms with Crippen LogP contribution in [0.1, 0.15) is 67.5 Å². The minimum absolute atomic E-state index is 0.135. The summed E-state index contributed by atoms with van der Waals surface area (Å²) < 4.78 is 15.5. The van der Waals surface area contributed by atoms with Gasteiger partial charge in [0.1, 0.15) is 28.0 Å². The Hall–Kier alpha value is -3.43. The molecular formula is C29H31FN6OS. The number of carbonyl (C=O) groups excluding carboxylic acids is 1. The predicted octanol–water partition coefficient (Wildman–Crippen LogP) is 6.38. The fourth-order valence-electron chi connectivity index (χ4n) is 5.85. The van der Waals surface area contributed by atoms with Gasteiger partial charge in [-0.15, -0.1) is 11.3 Å². The Labute approximate surface area is 225 Å². The number of hydrogen-bond donors (Lipinski definition) is 1. The normalized spacial score (nSPS) is 21.2. The highest BCUT2D eigenvalue weighted by atomic mass is 32.1. The fourth-order valence-corrected chi connectivity index (χ4v) is 6.70. The maximum absolute atomic E-state index is 13.5. The van der Waals surface area contributed by atoms with Crippen LogP contribution in [0.2, 0.25) is 0 Å². The van der Waals surface area contributed by atoms with E-state index in [1.807, 2.05) is 16.8 Å². The van der Waals surface area contributed by atoms with Gasteiger partial charge in [0, 0.05) is 35.3 Å². The number of aromatic nitrogens is 4. The van der Waals surface area contributed by atoms with Crippen LogP contribution in [-0.4, -0.2) is 49.5 Å². The topological polar surface area (TPSA) is 75.9 Å². The van der Waals surface area contributed by atoms with Crippen LogP contribution in [0.15, 0.2) is 54.3 Å². The Morgan fingerprint density at radius 2 is 1.82 bits per heavy atom. The minimum atomic E-state index is -0.302. The van der Waals surface area contributed by atoms with E-state index in [4.69, 9.17) is 0 Å². The molecule has 1 N–H and O–H groups in total. The lowest BCUT2D eigenvalue weighted by Gasteiger charge is -2.36. The van der Waals surface area contributed by atoms with Crippen LogP contribution < -0.4 is 5.32 Å². The van der Waals surface area contributed by atoms with Gasteiger partial charge in [0.15, 0.2) is 0 Å². The molecule has 9 heteroatoms. The summed E-state index contributed by atoms with van der Waals surface area (Å²) in [4.78, 5) is 29.4. The number of rotatable bonds is 6. The Balaban J connectivity index is 1.19. The van der Waals surface area contributed by atoms with Crippen LogP contribution in [-0.2, 0) is 0 Å². The molecule has 4 aromatic rings. The fraction of sp³-hybridized carbons (Fsp3) is 0.379. The lowest BCUT2D eigenvalue weighted by atomic mass is 9.86. The molecule has 2 bridgehead atoms. The van der Waals surface area contributed by atoms with Crippen LogP contribution in [0, 0.1) is 5.82 Å². The molecule has 3 atom stereocenters. The zero-order valence-electron chi connectivity index (χ0n) is 21.8. The van der Waals surface area contributed by atoms with Gasteiger partial charge in [0.25, 0.3) is 5.91 Å². The van der Waals surface area contributed by atoms with Crippen molar-refractivity contribution < 1.29 is 9.18 Å². The number of benzene rings is 1. The summed E-state index contributed by atoms with van der Waals surface area (Å²) in [7, 11) is 2.25. The van der Waals surface area contributed by atoms with Crippen molar-refractivity contribution in [3.63, 3.8) is 0 Å². The summed E-state index contributed by atoms with van der Waals surface area (Å²) >= 11 is 1.39. The summed E-state index contributed by atoms with van der Waals surface area (Å²) in [5.74, 6) is 0.447. The summed E-state index contributed by atoms with van der Waals surface area (Å²) in [6.07, 6.45) is 8.61. The first-order valence-corrected chi connectivity index (χ1v) is 14.0. The molecule has 0 radical (unpaired) electrons. The van der Waals surface area contributed by atoms with Gasteiger partial charge in [-0.2, -0.15) is 0 Å². The number of halogens is 1. The van der Waals surface area contributed by atoms with Gasteiger partial charge in [0.05, 0.1) is 12.0 Å². The van der Waals surface area contributed by atoms with E-state index >= 15 is 0 Å². The largest absolute Gasteiger partial charge is 0.326 e. The molecule has 2 saturated heterocycles.